The van der Waals surface area contributed by atoms with Gasteiger partial charge in [-0.25, -0.2) is 0 Å². The van der Waals surface area contributed by atoms with Crippen LogP contribution in [0.2, 0.25) is 0 Å². The molecule has 0 aliphatic heterocycles. The fourth-order valence-electron chi connectivity index (χ4n) is 11.8. The standard InChI is InChI=1S/C76H53N3/c1-8-25-55(26-9-1)70-53-71(56-41-43-64(44-42-56)79(63-38-20-7-21-39-63)65-45-40-54-24-22-23-29-58(54)50-65)75-68-48-46-66(77(59-30-12-3-13-31-59)60-32-14-4-15-33-60)51-72(68)73-52-67(47-49-69(73)76(75)74(70)57-27-10-2-11-28-57)78(61-34-16-5-17-35-61)62-36-18-6-19-37-62/h1-53H. The van der Waals surface area contributed by atoms with Gasteiger partial charge < -0.3 is 14.7 Å². The Labute approximate surface area is 461 Å². The van der Waals surface area contributed by atoms with Gasteiger partial charge in [0.1, 0.15) is 0 Å². The number of anilines is 9. The van der Waals surface area contributed by atoms with Crippen molar-refractivity contribution >= 4 is 94.3 Å². The summed E-state index contributed by atoms with van der Waals surface area (Å²) >= 11 is 0. The van der Waals surface area contributed by atoms with E-state index in [0.29, 0.717) is 0 Å². The predicted molar refractivity (Wildman–Crippen MR) is 337 cm³/mol. The lowest BCUT2D eigenvalue weighted by Crippen LogP contribution is -2.10. The van der Waals surface area contributed by atoms with Gasteiger partial charge in [-0.05, 0) is 192 Å². The Morgan fingerprint density at radius 3 is 0.962 bits per heavy atom. The zero-order chi connectivity index (χ0) is 52.5. The average molecular weight is 1010 g/mol. The fraction of sp³-hybridized carbons (Fsp3) is 0. The maximum atomic E-state index is 2.47. The highest BCUT2D eigenvalue weighted by Gasteiger charge is 2.25. The molecule has 0 radical (unpaired) electrons. The van der Waals surface area contributed by atoms with Crippen LogP contribution in [0.25, 0.3) is 76.5 Å². The Balaban J connectivity index is 1.09. The first-order valence-corrected chi connectivity index (χ1v) is 27.1. The minimum Gasteiger partial charge on any atom is -0.310 e. The summed E-state index contributed by atoms with van der Waals surface area (Å²) in [4.78, 5) is 7.12. The summed E-state index contributed by atoms with van der Waals surface area (Å²) < 4.78 is 0. The van der Waals surface area contributed by atoms with Crippen LogP contribution in [-0.2, 0) is 0 Å². The van der Waals surface area contributed by atoms with E-state index in [1.54, 1.807) is 0 Å². The third-order valence-electron chi connectivity index (χ3n) is 15.3. The van der Waals surface area contributed by atoms with Crippen molar-refractivity contribution in [2.75, 3.05) is 14.7 Å². The molecule has 0 saturated heterocycles. The first-order valence-electron chi connectivity index (χ1n) is 27.1. The molecule has 372 valence electrons. The van der Waals surface area contributed by atoms with Crippen LogP contribution in [0.15, 0.2) is 322 Å². The third kappa shape index (κ3) is 8.80. The quantitative estimate of drug-likeness (QED) is 0.113. The van der Waals surface area contributed by atoms with Crippen molar-refractivity contribution < 1.29 is 0 Å². The van der Waals surface area contributed by atoms with E-state index in [0.717, 1.165) is 78.6 Å². The zero-order valence-electron chi connectivity index (χ0n) is 43.4. The molecule has 14 aromatic rings. The van der Waals surface area contributed by atoms with Gasteiger partial charge in [0.15, 0.2) is 0 Å². The molecule has 0 aliphatic rings. The van der Waals surface area contributed by atoms with E-state index in [1.165, 1.54) is 49.0 Å². The number of benzene rings is 14. The van der Waals surface area contributed by atoms with Gasteiger partial charge >= 0.3 is 0 Å². The monoisotopic (exact) mass is 1010 g/mol. The molecule has 0 saturated carbocycles. The smallest absolute Gasteiger partial charge is 0.0468 e. The molecule has 3 heteroatoms. The molecule has 0 atom stereocenters. The number of nitrogens with zero attached hydrogens (tertiary/aromatic N) is 3. The van der Waals surface area contributed by atoms with E-state index in [4.69, 9.17) is 0 Å². The normalized spacial score (nSPS) is 11.3. The molecule has 0 bridgehead atoms. The van der Waals surface area contributed by atoms with Gasteiger partial charge in [-0.3, -0.25) is 0 Å². The third-order valence-corrected chi connectivity index (χ3v) is 15.3. The number of para-hydroxylation sites is 5. The number of rotatable bonds is 12. The van der Waals surface area contributed by atoms with Crippen molar-refractivity contribution in [3.05, 3.63) is 322 Å². The molecule has 79 heavy (non-hydrogen) atoms. The summed E-state index contributed by atoms with van der Waals surface area (Å²) in [5.74, 6) is 0. The van der Waals surface area contributed by atoms with E-state index in [2.05, 4.69) is 336 Å². The first kappa shape index (κ1) is 47.0. The summed E-state index contributed by atoms with van der Waals surface area (Å²) in [7, 11) is 0. The first-order chi connectivity index (χ1) is 39.2. The zero-order valence-corrected chi connectivity index (χ0v) is 43.4. The van der Waals surface area contributed by atoms with Crippen molar-refractivity contribution in [1.29, 1.82) is 0 Å². The van der Waals surface area contributed by atoms with Crippen LogP contribution >= 0.6 is 0 Å². The molecular formula is C76H53N3. The molecule has 0 N–H and O–H groups in total. The van der Waals surface area contributed by atoms with Gasteiger partial charge in [0.05, 0.1) is 0 Å². The molecule has 0 spiro atoms. The molecule has 0 unspecified atom stereocenters. The minimum atomic E-state index is 1.07. The molecule has 0 heterocycles. The van der Waals surface area contributed by atoms with Crippen molar-refractivity contribution in [2.24, 2.45) is 0 Å². The van der Waals surface area contributed by atoms with Crippen LogP contribution in [0.4, 0.5) is 51.2 Å². The van der Waals surface area contributed by atoms with Gasteiger partial charge in [-0.15, -0.1) is 0 Å². The lowest BCUT2D eigenvalue weighted by atomic mass is 9.81. The van der Waals surface area contributed by atoms with Crippen LogP contribution in [0.5, 0.6) is 0 Å². The summed E-state index contributed by atoms with van der Waals surface area (Å²) in [5.41, 5.74) is 16.8. The largest absolute Gasteiger partial charge is 0.310 e. The van der Waals surface area contributed by atoms with Crippen LogP contribution in [0, 0.1) is 0 Å². The highest BCUT2D eigenvalue weighted by Crippen LogP contribution is 2.52. The van der Waals surface area contributed by atoms with E-state index < -0.39 is 0 Å². The Kier molecular flexibility index (Phi) is 12.2. The van der Waals surface area contributed by atoms with Crippen LogP contribution in [0.3, 0.4) is 0 Å². The van der Waals surface area contributed by atoms with E-state index >= 15 is 0 Å². The van der Waals surface area contributed by atoms with Gasteiger partial charge in [-0.1, -0.05) is 206 Å². The van der Waals surface area contributed by atoms with Gasteiger partial charge in [0.2, 0.25) is 0 Å². The molecule has 3 nitrogen and oxygen atoms in total. The Morgan fingerprint density at radius 2 is 0.506 bits per heavy atom. The fourth-order valence-corrected chi connectivity index (χ4v) is 11.8. The highest BCUT2D eigenvalue weighted by atomic mass is 15.2. The summed E-state index contributed by atoms with van der Waals surface area (Å²) in [6, 6.07) is 117. The Bertz CT molecular complexity index is 4360. The molecule has 14 aromatic carbocycles. The number of hydrogen-bond acceptors (Lipinski definition) is 3. The lowest BCUT2D eigenvalue weighted by molar-refractivity contribution is 1.29. The molecule has 0 amide bonds. The van der Waals surface area contributed by atoms with Crippen molar-refractivity contribution in [1.82, 2.24) is 0 Å². The molecule has 0 fully saturated rings. The van der Waals surface area contributed by atoms with Gasteiger partial charge in [0, 0.05) is 51.2 Å². The second-order valence-electron chi connectivity index (χ2n) is 20.1. The second kappa shape index (κ2) is 20.6. The highest BCUT2D eigenvalue weighted by molar-refractivity contribution is 6.33. The van der Waals surface area contributed by atoms with Crippen LogP contribution in [-0.4, -0.2) is 0 Å². The summed E-state index contributed by atoms with van der Waals surface area (Å²) in [5, 5.41) is 9.52. The maximum absolute atomic E-state index is 2.47. The van der Waals surface area contributed by atoms with Crippen molar-refractivity contribution in [3.8, 4) is 33.4 Å². The topological polar surface area (TPSA) is 9.72 Å². The predicted octanol–water partition coefficient (Wildman–Crippen LogP) is 21.7. The van der Waals surface area contributed by atoms with Gasteiger partial charge in [0.25, 0.3) is 0 Å². The number of fused-ring (bicyclic) bond motifs is 7. The molecule has 0 aromatic heterocycles. The second-order valence-corrected chi connectivity index (χ2v) is 20.1. The SMILES string of the molecule is c1ccc(-c2cc(-c3ccc(N(c4ccccc4)c4ccc5ccccc5c4)cc3)c3c4ccc(N(c5ccccc5)c5ccccc5)cc4c4cc(N(c5ccccc5)c5ccccc5)ccc4c3c2-c2ccccc2)cc1. The number of hydrogen-bond donors (Lipinski definition) is 0. The van der Waals surface area contributed by atoms with Crippen molar-refractivity contribution in [2.45, 2.75) is 0 Å². The lowest BCUT2D eigenvalue weighted by Gasteiger charge is -2.28. The summed E-state index contributed by atoms with van der Waals surface area (Å²) in [6.07, 6.45) is 0. The average Bonchev–Trinajstić information content (AvgIpc) is 3.71. The van der Waals surface area contributed by atoms with E-state index in [1.807, 2.05) is 0 Å². The van der Waals surface area contributed by atoms with Crippen molar-refractivity contribution in [3.63, 3.8) is 0 Å². The van der Waals surface area contributed by atoms with Crippen LogP contribution in [0.1, 0.15) is 0 Å². The Morgan fingerprint density at radius 1 is 0.177 bits per heavy atom. The molecule has 0 aliphatic carbocycles. The van der Waals surface area contributed by atoms with Crippen LogP contribution < -0.4 is 14.7 Å². The summed E-state index contributed by atoms with van der Waals surface area (Å²) in [6.45, 7) is 0. The molecule has 14 rings (SSSR count). The van der Waals surface area contributed by atoms with E-state index in [-0.39, 0.29) is 0 Å². The van der Waals surface area contributed by atoms with E-state index in [9.17, 15) is 0 Å². The molecular weight excluding hydrogens is 955 g/mol. The minimum absolute atomic E-state index is 1.07. The Hall–Kier alpha value is -10.5. The maximum Gasteiger partial charge on any atom is 0.0468 e. The van der Waals surface area contributed by atoms with Gasteiger partial charge in [-0.2, -0.15) is 0 Å².